The highest BCUT2D eigenvalue weighted by molar-refractivity contribution is 6.55. The van der Waals surface area contributed by atoms with Crippen LogP contribution in [0.15, 0.2) is 39.4 Å². The van der Waals surface area contributed by atoms with Crippen LogP contribution >= 0.6 is 23.2 Å². The Hall–Kier alpha value is -2.10. The Bertz CT molecular complexity index is 772. The second kappa shape index (κ2) is 7.85. The summed E-state index contributed by atoms with van der Waals surface area (Å²) in [6.45, 7) is 0.0131. The van der Waals surface area contributed by atoms with Crippen LogP contribution in [0.5, 0.6) is 0 Å². The molecular formula is C14H10Cl2F3N3O3. The van der Waals surface area contributed by atoms with Gasteiger partial charge in [-0.3, -0.25) is 9.63 Å². The topological polar surface area (TPSA) is 68.5 Å². The van der Waals surface area contributed by atoms with Crippen LogP contribution in [0.3, 0.4) is 0 Å². The summed E-state index contributed by atoms with van der Waals surface area (Å²) in [5.74, 6) is -2.19. The largest absolute Gasteiger partial charge is 0.471 e. The van der Waals surface area contributed by atoms with Crippen molar-refractivity contribution in [3.63, 3.8) is 0 Å². The number of hydroxylamine groups is 2. The van der Waals surface area contributed by atoms with E-state index in [9.17, 15) is 18.0 Å². The predicted octanol–water partition coefficient (Wildman–Crippen LogP) is 4.08. The molecule has 134 valence electrons. The van der Waals surface area contributed by atoms with Gasteiger partial charge in [0, 0.05) is 11.1 Å². The molecule has 0 N–H and O–H groups in total. The second-order valence-corrected chi connectivity index (χ2v) is 5.55. The Balaban J connectivity index is 2.17. The number of nitrogens with zero attached hydrogens (tertiary/aromatic N) is 3. The fourth-order valence-electron chi connectivity index (χ4n) is 1.75. The van der Waals surface area contributed by atoms with Gasteiger partial charge in [-0.2, -0.15) is 18.2 Å². The molecular weight excluding hydrogens is 386 g/mol. The third-order valence-corrected chi connectivity index (χ3v) is 3.23. The lowest BCUT2D eigenvalue weighted by atomic mass is 10.1. The van der Waals surface area contributed by atoms with Gasteiger partial charge >= 0.3 is 12.1 Å². The van der Waals surface area contributed by atoms with Crippen molar-refractivity contribution >= 4 is 29.1 Å². The number of alkyl halides is 3. The highest BCUT2D eigenvalue weighted by Crippen LogP contribution is 2.29. The van der Waals surface area contributed by atoms with Crippen LogP contribution in [0, 0.1) is 0 Å². The predicted molar refractivity (Wildman–Crippen MR) is 82.6 cm³/mol. The van der Waals surface area contributed by atoms with Crippen LogP contribution in [-0.2, 0) is 11.0 Å². The number of benzene rings is 1. The average Bonchev–Trinajstić information content (AvgIpc) is 3.05. The summed E-state index contributed by atoms with van der Waals surface area (Å²) in [6, 6.07) is 5.55. The minimum absolute atomic E-state index is 0.0131. The summed E-state index contributed by atoms with van der Waals surface area (Å²) in [6.07, 6.45) is -3.37. The van der Waals surface area contributed by atoms with Gasteiger partial charge in [0.2, 0.25) is 5.82 Å². The molecule has 0 saturated heterocycles. The molecule has 0 spiro atoms. The molecule has 1 heterocycles. The third kappa shape index (κ3) is 4.94. The minimum atomic E-state index is -4.72. The van der Waals surface area contributed by atoms with Crippen molar-refractivity contribution in [3.8, 4) is 11.4 Å². The zero-order valence-electron chi connectivity index (χ0n) is 12.6. The van der Waals surface area contributed by atoms with Gasteiger partial charge in [0.05, 0.1) is 13.7 Å². The Morgan fingerprint density at radius 2 is 1.96 bits per heavy atom. The van der Waals surface area contributed by atoms with E-state index in [0.29, 0.717) is 0 Å². The second-order valence-electron chi connectivity index (χ2n) is 4.54. The van der Waals surface area contributed by atoms with E-state index < -0.39 is 18.0 Å². The van der Waals surface area contributed by atoms with Gasteiger partial charge in [-0.15, -0.1) is 0 Å². The molecule has 0 bridgehead atoms. The summed E-state index contributed by atoms with van der Waals surface area (Å²) in [5, 5.41) is 4.26. The van der Waals surface area contributed by atoms with Crippen LogP contribution in [0.4, 0.5) is 13.2 Å². The molecule has 1 aromatic carbocycles. The molecule has 0 atom stereocenters. The lowest BCUT2D eigenvalue weighted by Gasteiger charge is -2.17. The SMILES string of the molecule is CON(CC=C(Cl)Cl)C(=O)c1ccc(-c2noc(C(F)(F)F)n2)cc1. The molecule has 11 heteroatoms. The Morgan fingerprint density at radius 1 is 1.32 bits per heavy atom. The van der Waals surface area contributed by atoms with E-state index in [0.717, 1.165) is 5.06 Å². The molecule has 0 radical (unpaired) electrons. The van der Waals surface area contributed by atoms with Gasteiger partial charge < -0.3 is 4.52 Å². The number of amides is 1. The van der Waals surface area contributed by atoms with Crippen LogP contribution in [0.1, 0.15) is 16.2 Å². The average molecular weight is 396 g/mol. The quantitative estimate of drug-likeness (QED) is 0.713. The number of carbonyl (C=O) groups excluding carboxylic acids is 1. The van der Waals surface area contributed by atoms with Crippen LogP contribution in [0.2, 0.25) is 0 Å². The van der Waals surface area contributed by atoms with Crippen molar-refractivity contribution in [2.24, 2.45) is 0 Å². The third-order valence-electron chi connectivity index (χ3n) is 2.92. The van der Waals surface area contributed by atoms with Gasteiger partial charge in [-0.1, -0.05) is 40.5 Å². The molecule has 2 rings (SSSR count). The number of halogens is 5. The zero-order chi connectivity index (χ0) is 18.6. The number of rotatable bonds is 5. The number of hydrogen-bond donors (Lipinski definition) is 0. The molecule has 6 nitrogen and oxygen atoms in total. The number of carbonyl (C=O) groups is 1. The fraction of sp³-hybridized carbons (Fsp3) is 0.214. The van der Waals surface area contributed by atoms with E-state index in [-0.39, 0.29) is 28.0 Å². The molecule has 0 aliphatic heterocycles. The molecule has 25 heavy (non-hydrogen) atoms. The molecule has 2 aromatic rings. The van der Waals surface area contributed by atoms with E-state index in [1.807, 2.05) is 0 Å². The summed E-state index contributed by atoms with van der Waals surface area (Å²) in [4.78, 5) is 20.5. The van der Waals surface area contributed by atoms with E-state index in [1.54, 1.807) is 0 Å². The summed E-state index contributed by atoms with van der Waals surface area (Å²) in [5.41, 5.74) is 0.479. The van der Waals surface area contributed by atoms with Crippen LogP contribution in [-0.4, -0.2) is 34.8 Å². The molecule has 0 aliphatic rings. The summed E-state index contributed by atoms with van der Waals surface area (Å²) < 4.78 is 41.5. The van der Waals surface area contributed by atoms with Crippen molar-refractivity contribution < 1.29 is 27.3 Å². The first-order valence-electron chi connectivity index (χ1n) is 6.61. The van der Waals surface area contributed by atoms with E-state index in [4.69, 9.17) is 28.0 Å². The van der Waals surface area contributed by atoms with Crippen molar-refractivity contribution in [1.29, 1.82) is 0 Å². The Labute approximate surface area is 149 Å². The normalized spacial score (nSPS) is 11.3. The first-order valence-corrected chi connectivity index (χ1v) is 7.36. The van der Waals surface area contributed by atoms with E-state index >= 15 is 0 Å². The lowest BCUT2D eigenvalue weighted by Crippen LogP contribution is -2.30. The van der Waals surface area contributed by atoms with Crippen LogP contribution < -0.4 is 0 Å². The van der Waals surface area contributed by atoms with E-state index in [2.05, 4.69) is 14.7 Å². The fourth-order valence-corrected chi connectivity index (χ4v) is 1.89. The maximum absolute atomic E-state index is 12.5. The van der Waals surface area contributed by atoms with Gasteiger partial charge in [0.1, 0.15) is 4.49 Å². The zero-order valence-corrected chi connectivity index (χ0v) is 14.1. The molecule has 1 amide bonds. The number of hydrogen-bond acceptors (Lipinski definition) is 5. The van der Waals surface area contributed by atoms with E-state index in [1.165, 1.54) is 37.5 Å². The van der Waals surface area contributed by atoms with Crippen LogP contribution in [0.25, 0.3) is 11.4 Å². The monoisotopic (exact) mass is 395 g/mol. The lowest BCUT2D eigenvalue weighted by molar-refractivity contribution is -0.159. The maximum Gasteiger partial charge on any atom is 0.471 e. The van der Waals surface area contributed by atoms with Crippen molar-refractivity contribution in [1.82, 2.24) is 15.2 Å². The Morgan fingerprint density at radius 3 is 2.44 bits per heavy atom. The summed E-state index contributed by atoms with van der Waals surface area (Å²) in [7, 11) is 1.29. The first kappa shape index (κ1) is 19.2. The highest BCUT2D eigenvalue weighted by atomic mass is 35.5. The smallest absolute Gasteiger partial charge is 0.329 e. The van der Waals surface area contributed by atoms with Crippen molar-refractivity contribution in [2.75, 3.05) is 13.7 Å². The molecule has 0 fully saturated rings. The maximum atomic E-state index is 12.5. The summed E-state index contributed by atoms with van der Waals surface area (Å²) >= 11 is 11.0. The Kier molecular flexibility index (Phi) is 6.04. The first-order chi connectivity index (χ1) is 11.7. The highest BCUT2D eigenvalue weighted by Gasteiger charge is 2.38. The van der Waals surface area contributed by atoms with Gasteiger partial charge in [0.15, 0.2) is 0 Å². The molecule has 0 aliphatic carbocycles. The molecule has 0 saturated carbocycles. The van der Waals surface area contributed by atoms with Gasteiger partial charge in [0.25, 0.3) is 5.91 Å². The standard InChI is InChI=1S/C14H10Cl2F3N3O3/c1-24-22(7-6-10(15)16)12(23)9-4-2-8(3-5-9)11-20-13(25-21-11)14(17,18)19/h2-6H,7H2,1H3. The molecule has 1 aromatic heterocycles. The van der Waals surface area contributed by atoms with Gasteiger partial charge in [-0.25, -0.2) is 5.06 Å². The minimum Gasteiger partial charge on any atom is -0.329 e. The van der Waals surface area contributed by atoms with Crippen molar-refractivity contribution in [2.45, 2.75) is 6.18 Å². The van der Waals surface area contributed by atoms with Crippen molar-refractivity contribution in [3.05, 3.63) is 46.3 Å². The number of aromatic nitrogens is 2. The molecule has 0 unspecified atom stereocenters. The van der Waals surface area contributed by atoms with Gasteiger partial charge in [-0.05, 0) is 18.2 Å².